The van der Waals surface area contributed by atoms with Crippen molar-refractivity contribution in [3.63, 3.8) is 0 Å². The van der Waals surface area contributed by atoms with Gasteiger partial charge in [-0.05, 0) is 44.6 Å². The summed E-state index contributed by atoms with van der Waals surface area (Å²) in [6, 6.07) is 7.86. The Balaban J connectivity index is 1.72. The van der Waals surface area contributed by atoms with Crippen LogP contribution in [0.5, 0.6) is 0 Å². The van der Waals surface area contributed by atoms with Crippen molar-refractivity contribution >= 4 is 18.9 Å². The minimum absolute atomic E-state index is 0.133. The number of nitrogens with one attached hydrogen (secondary N) is 3. The molecule has 7 heteroatoms. The van der Waals surface area contributed by atoms with Gasteiger partial charge in [0, 0.05) is 5.92 Å². The summed E-state index contributed by atoms with van der Waals surface area (Å²) in [6.45, 7) is 3.66. The van der Waals surface area contributed by atoms with Gasteiger partial charge in [0.2, 0.25) is 11.8 Å². The van der Waals surface area contributed by atoms with Crippen LogP contribution in [0.15, 0.2) is 24.3 Å². The highest BCUT2D eigenvalue weighted by Crippen LogP contribution is 2.25. The van der Waals surface area contributed by atoms with Crippen molar-refractivity contribution in [3.8, 4) is 0 Å². The molecule has 1 aliphatic carbocycles. The fourth-order valence-electron chi connectivity index (χ4n) is 2.88. The lowest BCUT2D eigenvalue weighted by Crippen LogP contribution is -2.45. The van der Waals surface area contributed by atoms with Crippen LogP contribution in [0.2, 0.25) is 6.82 Å². The molecule has 1 aromatic carbocycles. The zero-order valence-corrected chi connectivity index (χ0v) is 13.6. The number of carbonyl (C=O) groups is 2. The summed E-state index contributed by atoms with van der Waals surface area (Å²) in [6.07, 6.45) is 2.51. The number of carbonyl (C=O) groups excluding carboxylic acids is 2. The van der Waals surface area contributed by atoms with Gasteiger partial charge in [0.1, 0.15) is 0 Å². The van der Waals surface area contributed by atoms with E-state index < -0.39 is 7.05 Å². The molecular formula is C16H24BN3O3. The van der Waals surface area contributed by atoms with Crippen LogP contribution < -0.4 is 16.1 Å². The van der Waals surface area contributed by atoms with E-state index >= 15 is 0 Å². The lowest BCUT2D eigenvalue weighted by molar-refractivity contribution is -0.130. The van der Waals surface area contributed by atoms with E-state index in [0.717, 1.165) is 24.0 Å². The molecule has 0 aromatic heterocycles. The van der Waals surface area contributed by atoms with Crippen LogP contribution in [0.4, 0.5) is 0 Å². The molecular weight excluding hydrogens is 293 g/mol. The first-order chi connectivity index (χ1) is 10.9. The second kappa shape index (κ2) is 8.13. The standard InChI is InChI=1S/C16H24BN3O3/c1-11-3-5-12(6-4-11)9-15(21)19-20-16(22)13-7-8-14(10-13)18-17(2)23/h3-6,13-14,18,23H,7-10H2,1-2H3,(H,19,21)(H,20,22). The normalized spacial score (nSPS) is 20.1. The van der Waals surface area contributed by atoms with E-state index in [-0.39, 0.29) is 30.2 Å². The van der Waals surface area contributed by atoms with Crippen LogP contribution in [0.3, 0.4) is 0 Å². The number of hydrogen-bond acceptors (Lipinski definition) is 4. The minimum Gasteiger partial charge on any atom is -0.437 e. The van der Waals surface area contributed by atoms with Crippen LogP contribution in [-0.2, 0) is 16.0 Å². The van der Waals surface area contributed by atoms with Crippen molar-refractivity contribution in [2.75, 3.05) is 0 Å². The highest BCUT2D eigenvalue weighted by molar-refractivity contribution is 6.45. The molecule has 1 aromatic rings. The largest absolute Gasteiger partial charge is 0.437 e. The molecule has 2 unspecified atom stereocenters. The van der Waals surface area contributed by atoms with Gasteiger partial charge in [-0.3, -0.25) is 20.4 Å². The predicted molar refractivity (Wildman–Crippen MR) is 89.3 cm³/mol. The molecule has 124 valence electrons. The highest BCUT2D eigenvalue weighted by Gasteiger charge is 2.30. The van der Waals surface area contributed by atoms with Gasteiger partial charge in [-0.1, -0.05) is 29.8 Å². The predicted octanol–water partition coefficient (Wildman–Crippen LogP) is 0.554. The van der Waals surface area contributed by atoms with Crippen LogP contribution in [0.1, 0.15) is 30.4 Å². The van der Waals surface area contributed by atoms with E-state index in [2.05, 4.69) is 16.1 Å². The molecule has 0 heterocycles. The molecule has 1 fully saturated rings. The molecule has 0 saturated heterocycles. The third kappa shape index (κ3) is 5.69. The lowest BCUT2D eigenvalue weighted by Gasteiger charge is -2.14. The molecule has 4 N–H and O–H groups in total. The summed E-state index contributed by atoms with van der Waals surface area (Å²) in [5.74, 6) is -0.540. The molecule has 2 rings (SSSR count). The van der Waals surface area contributed by atoms with Gasteiger partial charge in [0.25, 0.3) is 0 Å². The Morgan fingerprint density at radius 3 is 2.57 bits per heavy atom. The zero-order valence-electron chi connectivity index (χ0n) is 13.6. The summed E-state index contributed by atoms with van der Waals surface area (Å²) in [5, 5.41) is 12.3. The fraction of sp³-hybridized carbons (Fsp3) is 0.500. The first-order valence-corrected chi connectivity index (χ1v) is 8.02. The zero-order chi connectivity index (χ0) is 16.8. The van der Waals surface area contributed by atoms with Crippen LogP contribution in [0, 0.1) is 12.8 Å². The Morgan fingerprint density at radius 2 is 1.91 bits per heavy atom. The average Bonchev–Trinajstić information content (AvgIpc) is 2.95. The molecule has 0 spiro atoms. The van der Waals surface area contributed by atoms with Crippen molar-refractivity contribution in [2.45, 2.75) is 45.5 Å². The van der Waals surface area contributed by atoms with Crippen molar-refractivity contribution in [3.05, 3.63) is 35.4 Å². The van der Waals surface area contributed by atoms with Gasteiger partial charge < -0.3 is 10.3 Å². The van der Waals surface area contributed by atoms with E-state index in [9.17, 15) is 14.6 Å². The maximum atomic E-state index is 12.1. The van der Waals surface area contributed by atoms with E-state index in [0.29, 0.717) is 6.42 Å². The lowest BCUT2D eigenvalue weighted by atomic mass is 9.87. The second-order valence-electron chi connectivity index (χ2n) is 6.25. The van der Waals surface area contributed by atoms with Gasteiger partial charge >= 0.3 is 7.05 Å². The Hall–Kier alpha value is -1.86. The quantitative estimate of drug-likeness (QED) is 0.472. The van der Waals surface area contributed by atoms with Gasteiger partial charge in [-0.15, -0.1) is 0 Å². The topological polar surface area (TPSA) is 90.5 Å². The van der Waals surface area contributed by atoms with Gasteiger partial charge in [0.05, 0.1) is 6.42 Å². The number of hydrazine groups is 1. The van der Waals surface area contributed by atoms with Gasteiger partial charge in [0.15, 0.2) is 0 Å². The van der Waals surface area contributed by atoms with Gasteiger partial charge in [-0.25, -0.2) is 0 Å². The van der Waals surface area contributed by atoms with E-state index in [4.69, 9.17) is 0 Å². The molecule has 0 radical (unpaired) electrons. The van der Waals surface area contributed by atoms with Crippen molar-refractivity contribution < 1.29 is 14.6 Å². The molecule has 2 amide bonds. The number of benzene rings is 1. The first-order valence-electron chi connectivity index (χ1n) is 8.02. The fourth-order valence-corrected chi connectivity index (χ4v) is 2.88. The first kappa shape index (κ1) is 17.5. The summed E-state index contributed by atoms with van der Waals surface area (Å²) in [7, 11) is -0.573. The molecule has 0 aliphatic heterocycles. The maximum Gasteiger partial charge on any atom is 0.373 e. The third-order valence-electron chi connectivity index (χ3n) is 4.09. The summed E-state index contributed by atoms with van der Waals surface area (Å²) in [4.78, 5) is 23.9. The van der Waals surface area contributed by atoms with Crippen molar-refractivity contribution in [2.24, 2.45) is 5.92 Å². The smallest absolute Gasteiger partial charge is 0.373 e. The van der Waals surface area contributed by atoms with Crippen molar-refractivity contribution in [1.82, 2.24) is 16.1 Å². The van der Waals surface area contributed by atoms with Crippen LogP contribution in [0.25, 0.3) is 0 Å². The van der Waals surface area contributed by atoms with Crippen molar-refractivity contribution in [1.29, 1.82) is 0 Å². The van der Waals surface area contributed by atoms with Gasteiger partial charge in [-0.2, -0.15) is 0 Å². The Morgan fingerprint density at radius 1 is 1.22 bits per heavy atom. The molecule has 1 aliphatic rings. The number of amides is 2. The number of aryl methyl sites for hydroxylation is 1. The van der Waals surface area contributed by atoms with Crippen LogP contribution >= 0.6 is 0 Å². The Labute approximate surface area is 137 Å². The number of rotatable bonds is 5. The van der Waals surface area contributed by atoms with Crippen LogP contribution in [-0.4, -0.2) is 29.9 Å². The second-order valence-corrected chi connectivity index (χ2v) is 6.25. The molecule has 1 saturated carbocycles. The third-order valence-corrected chi connectivity index (χ3v) is 4.09. The molecule has 0 bridgehead atoms. The summed E-state index contributed by atoms with van der Waals surface area (Å²) >= 11 is 0. The molecule has 23 heavy (non-hydrogen) atoms. The summed E-state index contributed by atoms with van der Waals surface area (Å²) in [5.41, 5.74) is 7.02. The van der Waals surface area contributed by atoms with E-state index in [1.165, 1.54) is 0 Å². The average molecular weight is 317 g/mol. The summed E-state index contributed by atoms with van der Waals surface area (Å²) < 4.78 is 0. The highest BCUT2D eigenvalue weighted by atomic mass is 16.2. The monoisotopic (exact) mass is 317 g/mol. The minimum atomic E-state index is -0.573. The Bertz CT molecular complexity index is 548. The maximum absolute atomic E-state index is 12.1. The number of hydrogen-bond donors (Lipinski definition) is 4. The molecule has 6 nitrogen and oxygen atoms in total. The van der Waals surface area contributed by atoms with E-state index in [1.807, 2.05) is 31.2 Å². The Kier molecular flexibility index (Phi) is 6.18. The van der Waals surface area contributed by atoms with E-state index in [1.54, 1.807) is 6.82 Å². The molecule has 2 atom stereocenters. The SMILES string of the molecule is CB(O)NC1CCC(C(=O)NNC(=O)Cc2ccc(C)cc2)C1.